The summed E-state index contributed by atoms with van der Waals surface area (Å²) >= 11 is 0. The Morgan fingerprint density at radius 1 is 0.857 bits per heavy atom. The first-order chi connectivity index (χ1) is 10.1. The van der Waals surface area contributed by atoms with Crippen LogP contribution in [0.1, 0.15) is 5.56 Å². The molecule has 2 aromatic carbocycles. The summed E-state index contributed by atoms with van der Waals surface area (Å²) in [6.45, 7) is 0.101. The molecule has 21 heavy (non-hydrogen) atoms. The van der Waals surface area contributed by atoms with Gasteiger partial charge in [-0.3, -0.25) is 0 Å². The van der Waals surface area contributed by atoms with Gasteiger partial charge in [-0.25, -0.2) is 0 Å². The van der Waals surface area contributed by atoms with E-state index in [0.29, 0.717) is 5.56 Å². The molecule has 0 saturated heterocycles. The Hall–Kier alpha value is -2.76. The van der Waals surface area contributed by atoms with E-state index >= 15 is 0 Å². The number of benzene rings is 2. The van der Waals surface area contributed by atoms with Gasteiger partial charge in [-0.2, -0.15) is 0 Å². The number of hydrogen-bond donors (Lipinski definition) is 3. The highest BCUT2D eigenvalue weighted by Gasteiger charge is 2.12. The average Bonchev–Trinajstić information content (AvgIpc) is 2.49. The fourth-order valence-electron chi connectivity index (χ4n) is 1.82. The van der Waals surface area contributed by atoms with Crippen molar-refractivity contribution in [3.8, 4) is 34.5 Å². The van der Waals surface area contributed by atoms with Crippen LogP contribution in [0.2, 0.25) is 0 Å². The molecule has 2 rings (SSSR count). The van der Waals surface area contributed by atoms with E-state index < -0.39 is 0 Å². The summed E-state index contributed by atoms with van der Waals surface area (Å²) in [5.41, 5.74) is 0.671. The molecule has 0 aliphatic heterocycles. The number of rotatable bonds is 5. The molecule has 112 valence electrons. The maximum absolute atomic E-state index is 9.82. The predicted octanol–water partition coefficient (Wildman–Crippen LogP) is 2.40. The number of para-hydroxylation sites is 1. The summed E-state index contributed by atoms with van der Waals surface area (Å²) in [5.74, 6) is -0.00491. The molecule has 0 aliphatic carbocycles. The molecule has 3 N–H and O–H groups in total. The van der Waals surface area contributed by atoms with Crippen molar-refractivity contribution in [2.45, 2.75) is 6.61 Å². The van der Waals surface area contributed by atoms with Crippen molar-refractivity contribution in [1.29, 1.82) is 0 Å². The second kappa shape index (κ2) is 6.13. The van der Waals surface area contributed by atoms with E-state index in [2.05, 4.69) is 0 Å². The fraction of sp³-hybridized carbons (Fsp3) is 0.200. The Morgan fingerprint density at radius 2 is 1.48 bits per heavy atom. The van der Waals surface area contributed by atoms with Crippen LogP contribution in [0.3, 0.4) is 0 Å². The molecule has 0 aromatic heterocycles. The third-order valence-electron chi connectivity index (χ3n) is 2.91. The van der Waals surface area contributed by atoms with Gasteiger partial charge in [-0.05, 0) is 29.8 Å². The van der Waals surface area contributed by atoms with Crippen molar-refractivity contribution in [2.24, 2.45) is 0 Å². The minimum atomic E-state index is -0.324. The van der Waals surface area contributed by atoms with Crippen molar-refractivity contribution < 1.29 is 29.5 Å². The van der Waals surface area contributed by atoms with Gasteiger partial charge >= 0.3 is 0 Å². The number of phenolic OH excluding ortho intramolecular Hbond substituents is 3. The van der Waals surface area contributed by atoms with Crippen LogP contribution in [0.15, 0.2) is 30.3 Å². The largest absolute Gasteiger partial charge is 0.504 e. The van der Waals surface area contributed by atoms with Crippen molar-refractivity contribution in [3.63, 3.8) is 0 Å². The lowest BCUT2D eigenvalue weighted by atomic mass is 10.2. The standard InChI is InChI=1S/C15H16O6/c1-19-12-6-9(7-13(20-2)15(12)18)8-21-11-5-3-4-10(16)14(11)17/h3-7,16-18H,8H2,1-2H3. The second-order valence-corrected chi connectivity index (χ2v) is 4.26. The molecule has 6 heteroatoms. The SMILES string of the molecule is COc1cc(COc2cccc(O)c2O)cc(OC)c1O. The Kier molecular flexibility index (Phi) is 4.27. The molecule has 2 aromatic rings. The van der Waals surface area contributed by atoms with Gasteiger partial charge in [-0.15, -0.1) is 0 Å². The van der Waals surface area contributed by atoms with Crippen molar-refractivity contribution in [2.75, 3.05) is 14.2 Å². The van der Waals surface area contributed by atoms with Gasteiger partial charge in [0.05, 0.1) is 14.2 Å². The van der Waals surface area contributed by atoms with Crippen molar-refractivity contribution in [3.05, 3.63) is 35.9 Å². The lowest BCUT2D eigenvalue weighted by Gasteiger charge is -2.13. The smallest absolute Gasteiger partial charge is 0.200 e. The van der Waals surface area contributed by atoms with Crippen LogP contribution in [0, 0.1) is 0 Å². The molecule has 0 atom stereocenters. The third-order valence-corrected chi connectivity index (χ3v) is 2.91. The van der Waals surface area contributed by atoms with E-state index in [9.17, 15) is 15.3 Å². The molecule has 0 spiro atoms. The van der Waals surface area contributed by atoms with Gasteiger partial charge in [0.25, 0.3) is 0 Å². The van der Waals surface area contributed by atoms with E-state index in [0.717, 1.165) is 0 Å². The summed E-state index contributed by atoms with van der Waals surface area (Å²) in [6.07, 6.45) is 0. The molecule has 0 aliphatic rings. The molecule has 0 heterocycles. The van der Waals surface area contributed by atoms with Crippen LogP contribution in [0.25, 0.3) is 0 Å². The molecule has 0 amide bonds. The highest BCUT2D eigenvalue weighted by atomic mass is 16.5. The van der Waals surface area contributed by atoms with Crippen LogP contribution in [0.5, 0.6) is 34.5 Å². The zero-order valence-corrected chi connectivity index (χ0v) is 11.7. The van der Waals surface area contributed by atoms with Gasteiger partial charge < -0.3 is 29.5 Å². The highest BCUT2D eigenvalue weighted by Crippen LogP contribution is 2.38. The van der Waals surface area contributed by atoms with E-state index in [1.165, 1.54) is 26.4 Å². The third kappa shape index (κ3) is 3.05. The minimum absolute atomic E-state index is 0.0936. The molecular weight excluding hydrogens is 276 g/mol. The van der Waals surface area contributed by atoms with Crippen molar-refractivity contribution in [1.82, 2.24) is 0 Å². The van der Waals surface area contributed by atoms with Gasteiger partial charge in [0.2, 0.25) is 11.5 Å². The van der Waals surface area contributed by atoms with Crippen LogP contribution in [0.4, 0.5) is 0 Å². The van der Waals surface area contributed by atoms with Crippen LogP contribution in [-0.2, 0) is 6.61 Å². The Labute approximate surface area is 121 Å². The van der Waals surface area contributed by atoms with Crippen LogP contribution in [-0.4, -0.2) is 29.5 Å². The molecule has 6 nitrogen and oxygen atoms in total. The number of ether oxygens (including phenoxy) is 3. The van der Waals surface area contributed by atoms with E-state index in [1.54, 1.807) is 18.2 Å². The van der Waals surface area contributed by atoms with E-state index in [4.69, 9.17) is 14.2 Å². The lowest BCUT2D eigenvalue weighted by Crippen LogP contribution is -1.98. The van der Waals surface area contributed by atoms with Crippen LogP contribution < -0.4 is 14.2 Å². The summed E-state index contributed by atoms with van der Waals surface area (Å²) in [4.78, 5) is 0. The quantitative estimate of drug-likeness (QED) is 0.733. The monoisotopic (exact) mass is 292 g/mol. The summed E-state index contributed by atoms with van der Waals surface area (Å²) in [7, 11) is 2.86. The zero-order valence-electron chi connectivity index (χ0n) is 11.7. The maximum Gasteiger partial charge on any atom is 0.200 e. The molecule has 0 fully saturated rings. The van der Waals surface area contributed by atoms with Gasteiger partial charge in [0.1, 0.15) is 6.61 Å². The Bertz CT molecular complexity index is 613. The summed E-state index contributed by atoms with van der Waals surface area (Å²) in [5, 5.41) is 28.9. The molecule has 0 unspecified atom stereocenters. The Morgan fingerprint density at radius 3 is 2.05 bits per heavy atom. The summed E-state index contributed by atoms with van der Waals surface area (Å²) < 4.78 is 15.5. The number of aromatic hydroxyl groups is 3. The predicted molar refractivity (Wildman–Crippen MR) is 75.3 cm³/mol. The van der Waals surface area contributed by atoms with Gasteiger partial charge in [0, 0.05) is 0 Å². The molecule has 0 bridgehead atoms. The number of phenols is 3. The minimum Gasteiger partial charge on any atom is -0.504 e. The van der Waals surface area contributed by atoms with Crippen molar-refractivity contribution >= 4 is 0 Å². The first-order valence-electron chi connectivity index (χ1n) is 6.14. The molecule has 0 radical (unpaired) electrons. The van der Waals surface area contributed by atoms with E-state index in [1.807, 2.05) is 0 Å². The second-order valence-electron chi connectivity index (χ2n) is 4.26. The summed E-state index contributed by atoms with van der Waals surface area (Å²) in [6, 6.07) is 7.64. The normalized spacial score (nSPS) is 10.2. The van der Waals surface area contributed by atoms with Crippen LogP contribution >= 0.6 is 0 Å². The highest BCUT2D eigenvalue weighted by molar-refractivity contribution is 5.53. The molecular formula is C15H16O6. The van der Waals surface area contributed by atoms with Gasteiger partial charge in [-0.1, -0.05) is 6.07 Å². The van der Waals surface area contributed by atoms with E-state index in [-0.39, 0.29) is 41.1 Å². The zero-order chi connectivity index (χ0) is 15.4. The fourth-order valence-corrected chi connectivity index (χ4v) is 1.82. The average molecular weight is 292 g/mol. The van der Waals surface area contributed by atoms with Gasteiger partial charge in [0.15, 0.2) is 23.0 Å². The number of methoxy groups -OCH3 is 2. The Balaban J connectivity index is 2.22. The maximum atomic E-state index is 9.82. The first kappa shape index (κ1) is 14.6. The lowest BCUT2D eigenvalue weighted by molar-refractivity contribution is 0.280. The number of hydrogen-bond acceptors (Lipinski definition) is 6. The first-order valence-corrected chi connectivity index (χ1v) is 6.14. The molecule has 0 saturated carbocycles. The topological polar surface area (TPSA) is 88.4 Å².